The minimum atomic E-state index is -3.93. The molecule has 0 aliphatic heterocycles. The van der Waals surface area contributed by atoms with Crippen molar-refractivity contribution < 1.29 is 27.4 Å². The smallest absolute Gasteiger partial charge is 0.255 e. The number of halogens is 1. The molecule has 0 atom stereocenters. The van der Waals surface area contributed by atoms with E-state index in [0.29, 0.717) is 29.4 Å². The van der Waals surface area contributed by atoms with Crippen molar-refractivity contribution in [3.8, 4) is 17.2 Å². The lowest BCUT2D eigenvalue weighted by atomic mass is 10.2. The molecule has 168 valence electrons. The summed E-state index contributed by atoms with van der Waals surface area (Å²) < 4.78 is 41.9. The van der Waals surface area contributed by atoms with Crippen molar-refractivity contribution in [2.75, 3.05) is 34.4 Å². The van der Waals surface area contributed by atoms with Gasteiger partial charge in [-0.1, -0.05) is 11.6 Å². The Balaban J connectivity index is 2.01. The summed E-state index contributed by atoms with van der Waals surface area (Å²) in [5.74, 6) is 0.860. The second-order valence-corrected chi connectivity index (χ2v) is 8.65. The second kappa shape index (κ2) is 11.0. The topological polar surface area (TPSA) is 107 Å². The van der Waals surface area contributed by atoms with Crippen LogP contribution in [0.2, 0.25) is 5.02 Å². The van der Waals surface area contributed by atoms with Gasteiger partial charge in [0.15, 0.2) is 11.5 Å². The number of ether oxygens (including phenoxy) is 3. The first-order chi connectivity index (χ1) is 14.7. The van der Waals surface area contributed by atoms with E-state index in [1.54, 1.807) is 18.2 Å². The van der Waals surface area contributed by atoms with E-state index in [-0.39, 0.29) is 9.92 Å². The van der Waals surface area contributed by atoms with Crippen LogP contribution in [0.3, 0.4) is 0 Å². The molecule has 0 aliphatic rings. The number of rotatable bonds is 10. The summed E-state index contributed by atoms with van der Waals surface area (Å²) >= 11 is 6.00. The van der Waals surface area contributed by atoms with Gasteiger partial charge in [-0.05, 0) is 48.9 Å². The average Bonchev–Trinajstić information content (AvgIpc) is 2.74. The Morgan fingerprint density at radius 2 is 1.81 bits per heavy atom. The summed E-state index contributed by atoms with van der Waals surface area (Å²) in [7, 11) is 0.305. The van der Waals surface area contributed by atoms with Crippen molar-refractivity contribution in [1.29, 1.82) is 0 Å². The highest BCUT2D eigenvalue weighted by molar-refractivity contribution is 7.89. The molecule has 0 aliphatic carbocycles. The van der Waals surface area contributed by atoms with Gasteiger partial charge in [0.1, 0.15) is 5.75 Å². The number of nitrogens with one attached hydrogen (secondary N) is 1. The Bertz CT molecular complexity index is 1060. The second-order valence-electron chi connectivity index (χ2n) is 6.19. The summed E-state index contributed by atoms with van der Waals surface area (Å²) in [6, 6.07) is 9.23. The Morgan fingerprint density at radius 1 is 1.13 bits per heavy atom. The summed E-state index contributed by atoms with van der Waals surface area (Å²) in [6.45, 7) is 1.93. The molecule has 0 unspecified atom stereocenters. The largest absolute Gasteiger partial charge is 0.495 e. The monoisotopic (exact) mass is 469 g/mol. The van der Waals surface area contributed by atoms with E-state index in [1.807, 2.05) is 6.92 Å². The number of carbonyl (C=O) groups is 1. The minimum Gasteiger partial charge on any atom is -0.495 e. The van der Waals surface area contributed by atoms with Crippen LogP contribution in [-0.4, -0.2) is 59.3 Å². The van der Waals surface area contributed by atoms with Crippen LogP contribution < -0.4 is 19.6 Å². The van der Waals surface area contributed by atoms with Gasteiger partial charge in [0, 0.05) is 7.05 Å². The van der Waals surface area contributed by atoms with Crippen LogP contribution in [0.1, 0.15) is 12.5 Å². The molecule has 0 aromatic heterocycles. The van der Waals surface area contributed by atoms with Crippen molar-refractivity contribution in [3.05, 3.63) is 47.0 Å². The highest BCUT2D eigenvalue weighted by Gasteiger charge is 2.24. The molecule has 11 heteroatoms. The van der Waals surface area contributed by atoms with Gasteiger partial charge < -0.3 is 14.2 Å². The van der Waals surface area contributed by atoms with Crippen molar-refractivity contribution in [3.63, 3.8) is 0 Å². The first kappa shape index (κ1) is 24.4. The number of hydrogen-bond donors (Lipinski definition) is 1. The molecule has 0 spiro atoms. The minimum absolute atomic E-state index is 0.0569. The third-order valence-corrected chi connectivity index (χ3v) is 6.18. The van der Waals surface area contributed by atoms with E-state index >= 15 is 0 Å². The summed E-state index contributed by atoms with van der Waals surface area (Å²) in [5.41, 5.74) is 2.96. The number of carbonyl (C=O) groups excluding carboxylic acids is 1. The van der Waals surface area contributed by atoms with Gasteiger partial charge in [-0.3, -0.25) is 4.79 Å². The molecule has 0 saturated carbocycles. The maximum atomic E-state index is 12.7. The Kier molecular flexibility index (Phi) is 8.66. The van der Waals surface area contributed by atoms with E-state index in [4.69, 9.17) is 25.8 Å². The zero-order chi connectivity index (χ0) is 23.0. The molecular formula is C20H24ClN3O6S. The summed E-state index contributed by atoms with van der Waals surface area (Å²) in [6.07, 6.45) is 1.41. The van der Waals surface area contributed by atoms with Crippen molar-refractivity contribution in [2.24, 2.45) is 5.10 Å². The average molecular weight is 470 g/mol. The number of amides is 1. The van der Waals surface area contributed by atoms with E-state index in [9.17, 15) is 13.2 Å². The fourth-order valence-electron chi connectivity index (χ4n) is 2.53. The molecule has 1 amide bonds. The van der Waals surface area contributed by atoms with Crippen LogP contribution in [0.25, 0.3) is 0 Å². The molecule has 9 nitrogen and oxygen atoms in total. The predicted molar refractivity (Wildman–Crippen MR) is 118 cm³/mol. The van der Waals surface area contributed by atoms with E-state index in [1.165, 1.54) is 45.7 Å². The molecule has 2 aromatic rings. The zero-order valence-electron chi connectivity index (χ0n) is 17.6. The number of likely N-dealkylation sites (N-methyl/N-ethyl adjacent to an activating group) is 1. The summed E-state index contributed by atoms with van der Waals surface area (Å²) in [5, 5.41) is 4.01. The van der Waals surface area contributed by atoms with Crippen LogP contribution in [-0.2, 0) is 14.8 Å². The zero-order valence-corrected chi connectivity index (χ0v) is 19.2. The quantitative estimate of drug-likeness (QED) is 0.423. The lowest BCUT2D eigenvalue weighted by Crippen LogP contribution is -2.36. The maximum absolute atomic E-state index is 12.7. The predicted octanol–water partition coefficient (Wildman–Crippen LogP) is 2.53. The highest BCUT2D eigenvalue weighted by atomic mass is 35.5. The van der Waals surface area contributed by atoms with Gasteiger partial charge in [0.25, 0.3) is 5.91 Å². The molecule has 0 saturated heterocycles. The van der Waals surface area contributed by atoms with Gasteiger partial charge in [0.05, 0.1) is 43.5 Å². The van der Waals surface area contributed by atoms with E-state index in [2.05, 4.69) is 10.5 Å². The molecular weight excluding hydrogens is 446 g/mol. The fraction of sp³-hybridized carbons (Fsp3) is 0.300. The molecule has 2 rings (SSSR count). The van der Waals surface area contributed by atoms with Gasteiger partial charge in [-0.2, -0.15) is 9.41 Å². The van der Waals surface area contributed by atoms with E-state index in [0.717, 1.165) is 4.31 Å². The van der Waals surface area contributed by atoms with Crippen LogP contribution in [0.5, 0.6) is 17.2 Å². The number of hydrazone groups is 1. The SMILES string of the molecule is CCOc1ccc(/C=N\NC(=O)CN(C)S(=O)(=O)c2ccc(OC)c(Cl)c2)cc1OC. The first-order valence-corrected chi connectivity index (χ1v) is 11.0. The van der Waals surface area contributed by atoms with Crippen LogP contribution >= 0.6 is 11.6 Å². The maximum Gasteiger partial charge on any atom is 0.255 e. The Labute approximate surface area is 186 Å². The van der Waals surface area contributed by atoms with Crippen LogP contribution in [0, 0.1) is 0 Å². The highest BCUT2D eigenvalue weighted by Crippen LogP contribution is 2.28. The lowest BCUT2D eigenvalue weighted by molar-refractivity contribution is -0.121. The molecule has 2 aromatic carbocycles. The van der Waals surface area contributed by atoms with E-state index < -0.39 is 22.5 Å². The number of hydrogen-bond acceptors (Lipinski definition) is 7. The lowest BCUT2D eigenvalue weighted by Gasteiger charge is -2.16. The molecule has 1 N–H and O–H groups in total. The first-order valence-electron chi connectivity index (χ1n) is 9.15. The number of nitrogens with zero attached hydrogens (tertiary/aromatic N) is 2. The third-order valence-electron chi connectivity index (χ3n) is 4.09. The molecule has 0 heterocycles. The van der Waals surface area contributed by atoms with Crippen LogP contribution in [0.4, 0.5) is 0 Å². The number of sulfonamides is 1. The van der Waals surface area contributed by atoms with Gasteiger partial charge in [0.2, 0.25) is 10.0 Å². The number of benzene rings is 2. The van der Waals surface area contributed by atoms with Gasteiger partial charge in [-0.25, -0.2) is 13.8 Å². The Morgan fingerprint density at radius 3 is 2.42 bits per heavy atom. The van der Waals surface area contributed by atoms with Crippen molar-refractivity contribution in [1.82, 2.24) is 9.73 Å². The number of methoxy groups -OCH3 is 2. The Hall–Kier alpha value is -2.82. The molecule has 31 heavy (non-hydrogen) atoms. The van der Waals surface area contributed by atoms with Crippen LogP contribution in [0.15, 0.2) is 46.4 Å². The standard InChI is InChI=1S/C20H24ClN3O6S/c1-5-30-18-8-6-14(10-19(18)29-4)12-22-23-20(25)13-24(2)31(26,27)15-7-9-17(28-3)16(21)11-15/h6-12H,5,13H2,1-4H3,(H,23,25)/b22-12-. The van der Waals surface area contributed by atoms with Gasteiger partial charge >= 0.3 is 0 Å². The molecule has 0 radical (unpaired) electrons. The normalized spacial score (nSPS) is 11.5. The summed E-state index contributed by atoms with van der Waals surface area (Å²) in [4.78, 5) is 12.1. The fourth-order valence-corrected chi connectivity index (χ4v) is 4.00. The molecule has 0 fully saturated rings. The van der Waals surface area contributed by atoms with Gasteiger partial charge in [-0.15, -0.1) is 0 Å². The van der Waals surface area contributed by atoms with Crippen molar-refractivity contribution >= 4 is 33.7 Å². The van der Waals surface area contributed by atoms with Crippen molar-refractivity contribution in [2.45, 2.75) is 11.8 Å². The third kappa shape index (κ3) is 6.33. The molecule has 0 bridgehead atoms.